The van der Waals surface area contributed by atoms with E-state index in [0.717, 1.165) is 23.8 Å². The second-order valence-corrected chi connectivity index (χ2v) is 9.41. The Hall–Kier alpha value is -3.14. The average Bonchev–Trinajstić information content (AvgIpc) is 3.50. The number of esters is 1. The number of fused-ring (bicyclic) bond motifs is 2. The van der Waals surface area contributed by atoms with Crippen LogP contribution in [0.4, 0.5) is 0 Å². The molecule has 5 rings (SSSR count). The highest BCUT2D eigenvalue weighted by Gasteiger charge is 2.52. The molecule has 0 N–H and O–H groups in total. The summed E-state index contributed by atoms with van der Waals surface area (Å²) in [6.07, 6.45) is 7.66. The summed E-state index contributed by atoms with van der Waals surface area (Å²) in [6.45, 7) is 2.12. The number of ether oxygens (including phenoxy) is 2. The van der Waals surface area contributed by atoms with Crippen LogP contribution in [0, 0.1) is 11.8 Å². The number of hydrogen-bond acceptors (Lipinski definition) is 4. The van der Waals surface area contributed by atoms with Crippen LogP contribution in [0.15, 0.2) is 72.9 Å². The predicted octanol–water partition coefficient (Wildman–Crippen LogP) is 6.50. The van der Waals surface area contributed by atoms with Gasteiger partial charge in [0.05, 0.1) is 18.4 Å². The van der Waals surface area contributed by atoms with Gasteiger partial charge in [0.25, 0.3) is 0 Å². The molecule has 1 heterocycles. The fourth-order valence-corrected chi connectivity index (χ4v) is 6.14. The molecule has 4 nitrogen and oxygen atoms in total. The van der Waals surface area contributed by atoms with E-state index in [4.69, 9.17) is 9.47 Å². The minimum Gasteiger partial charge on any atom is -0.484 e. The Bertz CT molecular complexity index is 1090. The Morgan fingerprint density at radius 2 is 1.76 bits per heavy atom. The first-order chi connectivity index (χ1) is 16.1. The van der Waals surface area contributed by atoms with Gasteiger partial charge < -0.3 is 9.47 Å². The lowest BCUT2D eigenvalue weighted by Gasteiger charge is -2.39. The molecule has 0 amide bonds. The maximum atomic E-state index is 11.9. The van der Waals surface area contributed by atoms with Crippen molar-refractivity contribution in [1.29, 1.82) is 0 Å². The number of benzene rings is 2. The highest BCUT2D eigenvalue weighted by molar-refractivity contribution is 5.89. The molecule has 3 aromatic rings. The van der Waals surface area contributed by atoms with E-state index in [0.29, 0.717) is 11.5 Å². The van der Waals surface area contributed by atoms with Gasteiger partial charge >= 0.3 is 5.97 Å². The van der Waals surface area contributed by atoms with Crippen LogP contribution in [0.1, 0.15) is 72.3 Å². The highest BCUT2D eigenvalue weighted by atomic mass is 16.5. The van der Waals surface area contributed by atoms with Gasteiger partial charge in [-0.05, 0) is 85.0 Å². The summed E-state index contributed by atoms with van der Waals surface area (Å²) in [5, 5.41) is 0. The molecule has 2 bridgehead atoms. The number of carbonyl (C=O) groups excluding carboxylic acids is 1. The van der Waals surface area contributed by atoms with Crippen LogP contribution in [-0.2, 0) is 10.2 Å². The maximum Gasteiger partial charge on any atom is 0.337 e. The van der Waals surface area contributed by atoms with Gasteiger partial charge in [0.2, 0.25) is 0 Å². The van der Waals surface area contributed by atoms with Gasteiger partial charge in [-0.1, -0.05) is 43.7 Å². The first-order valence-corrected chi connectivity index (χ1v) is 12.0. The van der Waals surface area contributed by atoms with Gasteiger partial charge in [0.1, 0.15) is 11.9 Å². The number of pyridine rings is 1. The predicted molar refractivity (Wildman–Crippen MR) is 128 cm³/mol. The molecule has 2 aromatic carbocycles. The van der Waals surface area contributed by atoms with Gasteiger partial charge in [-0.25, -0.2) is 4.79 Å². The summed E-state index contributed by atoms with van der Waals surface area (Å²) in [5.74, 6) is 1.99. The van der Waals surface area contributed by atoms with Crippen molar-refractivity contribution >= 4 is 5.97 Å². The summed E-state index contributed by atoms with van der Waals surface area (Å²) < 4.78 is 11.2. The zero-order valence-corrected chi connectivity index (χ0v) is 19.4. The van der Waals surface area contributed by atoms with Crippen LogP contribution >= 0.6 is 0 Å². The summed E-state index contributed by atoms with van der Waals surface area (Å²) >= 11 is 0. The second-order valence-electron chi connectivity index (χ2n) is 9.41. The Balaban J connectivity index is 1.44. The summed E-state index contributed by atoms with van der Waals surface area (Å²) in [4.78, 5) is 16.4. The van der Waals surface area contributed by atoms with E-state index in [1.165, 1.54) is 43.9 Å². The number of rotatable bonds is 7. The van der Waals surface area contributed by atoms with Crippen molar-refractivity contribution in [3.05, 3.63) is 95.3 Å². The molecule has 1 aromatic heterocycles. The van der Waals surface area contributed by atoms with E-state index < -0.39 is 0 Å². The van der Waals surface area contributed by atoms with Crippen LogP contribution in [0.3, 0.4) is 0 Å². The van der Waals surface area contributed by atoms with E-state index >= 15 is 0 Å². The highest BCUT2D eigenvalue weighted by Crippen LogP contribution is 2.60. The van der Waals surface area contributed by atoms with Crippen LogP contribution in [-0.4, -0.2) is 18.1 Å². The van der Waals surface area contributed by atoms with Gasteiger partial charge in [-0.3, -0.25) is 4.98 Å². The minimum atomic E-state index is -0.288. The third-order valence-electron chi connectivity index (χ3n) is 7.71. The Labute approximate surface area is 196 Å². The molecule has 4 heteroatoms. The van der Waals surface area contributed by atoms with Crippen molar-refractivity contribution in [2.24, 2.45) is 11.8 Å². The van der Waals surface area contributed by atoms with Crippen molar-refractivity contribution < 1.29 is 14.3 Å². The standard InChI is InChI=1S/C29H31NO3/c1-3-27(26-6-4-5-17-30-26)33-25-15-13-23(14-16-25)29(19-20-7-10-24(29)18-20)22-11-8-21(9-12-22)28(31)32-2/h4-6,8-9,11-17,20,24,27H,3,7,10,18-19H2,1-2H3. The second kappa shape index (κ2) is 9.01. The van der Waals surface area contributed by atoms with Gasteiger partial charge in [0, 0.05) is 11.6 Å². The van der Waals surface area contributed by atoms with Gasteiger partial charge in [-0.2, -0.15) is 0 Å². The van der Waals surface area contributed by atoms with Gasteiger partial charge in [0.15, 0.2) is 0 Å². The van der Waals surface area contributed by atoms with Crippen molar-refractivity contribution in [3.8, 4) is 5.75 Å². The summed E-state index contributed by atoms with van der Waals surface area (Å²) in [7, 11) is 1.42. The monoisotopic (exact) mass is 441 g/mol. The molecule has 2 aliphatic rings. The quantitative estimate of drug-likeness (QED) is 0.393. The van der Waals surface area contributed by atoms with E-state index in [9.17, 15) is 4.79 Å². The maximum absolute atomic E-state index is 11.9. The molecular weight excluding hydrogens is 410 g/mol. The largest absolute Gasteiger partial charge is 0.484 e. The SMILES string of the molecule is CCC(Oc1ccc(C2(c3ccc(C(=O)OC)cc3)CC3CCC2C3)cc1)c1ccccn1. The number of nitrogens with zero attached hydrogens (tertiary/aromatic N) is 1. The molecule has 2 saturated carbocycles. The number of carbonyl (C=O) groups is 1. The molecule has 2 aliphatic carbocycles. The smallest absolute Gasteiger partial charge is 0.337 e. The van der Waals surface area contributed by atoms with Crippen LogP contribution < -0.4 is 4.74 Å². The molecule has 0 aliphatic heterocycles. The molecule has 4 unspecified atom stereocenters. The summed E-state index contributed by atoms with van der Waals surface area (Å²) in [5.41, 5.74) is 4.21. The molecule has 0 saturated heterocycles. The normalized spacial score (nSPS) is 24.4. The van der Waals surface area contributed by atoms with E-state index in [1.807, 2.05) is 36.5 Å². The molecule has 4 atom stereocenters. The third-order valence-corrected chi connectivity index (χ3v) is 7.71. The van der Waals surface area contributed by atoms with Crippen molar-refractivity contribution in [1.82, 2.24) is 4.98 Å². The van der Waals surface area contributed by atoms with Crippen LogP contribution in [0.25, 0.3) is 0 Å². The van der Waals surface area contributed by atoms with Crippen LogP contribution in [0.2, 0.25) is 0 Å². The number of methoxy groups -OCH3 is 1. The number of hydrogen-bond donors (Lipinski definition) is 0. The first-order valence-electron chi connectivity index (χ1n) is 12.0. The fraction of sp³-hybridized carbons (Fsp3) is 0.379. The Morgan fingerprint density at radius 3 is 2.30 bits per heavy atom. The molecule has 33 heavy (non-hydrogen) atoms. The van der Waals surface area contributed by atoms with Crippen molar-refractivity contribution in [2.75, 3.05) is 7.11 Å². The molecule has 0 spiro atoms. The minimum absolute atomic E-state index is 0.00123. The molecule has 2 fully saturated rings. The molecule has 170 valence electrons. The zero-order chi connectivity index (χ0) is 22.8. The average molecular weight is 442 g/mol. The lowest BCUT2D eigenvalue weighted by molar-refractivity contribution is 0.0600. The summed E-state index contributed by atoms with van der Waals surface area (Å²) in [6, 6.07) is 22.7. The van der Waals surface area contributed by atoms with E-state index in [-0.39, 0.29) is 17.5 Å². The van der Waals surface area contributed by atoms with Crippen molar-refractivity contribution in [2.45, 2.75) is 50.5 Å². The first kappa shape index (κ1) is 21.7. The molecule has 0 radical (unpaired) electrons. The number of aromatic nitrogens is 1. The van der Waals surface area contributed by atoms with E-state index in [2.05, 4.69) is 48.3 Å². The topological polar surface area (TPSA) is 48.4 Å². The van der Waals surface area contributed by atoms with E-state index in [1.54, 1.807) is 0 Å². The molecular formula is C29H31NO3. The fourth-order valence-electron chi connectivity index (χ4n) is 6.14. The van der Waals surface area contributed by atoms with Gasteiger partial charge in [-0.15, -0.1) is 0 Å². The third kappa shape index (κ3) is 3.92. The lowest BCUT2D eigenvalue weighted by atomic mass is 9.64. The zero-order valence-electron chi connectivity index (χ0n) is 19.4. The van der Waals surface area contributed by atoms with Crippen LogP contribution in [0.5, 0.6) is 5.75 Å². The Kier molecular flexibility index (Phi) is 5.92. The van der Waals surface area contributed by atoms with Crippen molar-refractivity contribution in [3.63, 3.8) is 0 Å². The lowest BCUT2D eigenvalue weighted by Crippen LogP contribution is -2.34. The Morgan fingerprint density at radius 1 is 1.03 bits per heavy atom.